The predicted octanol–water partition coefficient (Wildman–Crippen LogP) is 3.93. The number of aromatic amines is 1. The smallest absolute Gasteiger partial charge is 0.274 e. The molecule has 8 heteroatoms. The van der Waals surface area contributed by atoms with Gasteiger partial charge in [0.15, 0.2) is 0 Å². The van der Waals surface area contributed by atoms with Crippen LogP contribution in [0.1, 0.15) is 21.9 Å². The van der Waals surface area contributed by atoms with E-state index in [4.69, 9.17) is 27.9 Å². The molecule has 0 atom stereocenters. The maximum Gasteiger partial charge on any atom is 0.274 e. The highest BCUT2D eigenvalue weighted by molar-refractivity contribution is 6.35. The first-order chi connectivity index (χ1) is 12.9. The fourth-order valence-electron chi connectivity index (χ4n) is 2.42. The lowest BCUT2D eigenvalue weighted by molar-refractivity contribution is 0.102. The summed E-state index contributed by atoms with van der Waals surface area (Å²) in [4.78, 5) is 31.3. The first-order valence-corrected chi connectivity index (χ1v) is 8.70. The average Bonchev–Trinajstić information content (AvgIpc) is 2.65. The summed E-state index contributed by atoms with van der Waals surface area (Å²) in [5, 5.41) is 3.37. The Labute approximate surface area is 165 Å². The van der Waals surface area contributed by atoms with E-state index in [9.17, 15) is 9.59 Å². The van der Waals surface area contributed by atoms with Crippen LogP contribution in [0.2, 0.25) is 10.0 Å². The van der Waals surface area contributed by atoms with Gasteiger partial charge < -0.3 is 15.0 Å². The second-order valence-corrected chi connectivity index (χ2v) is 6.52. The first-order valence-electron chi connectivity index (χ1n) is 7.94. The molecular weight excluding hydrogens is 389 g/mol. The number of nitrogens with zero attached hydrogens (tertiary/aromatic N) is 1. The van der Waals surface area contributed by atoms with Crippen molar-refractivity contribution >= 4 is 34.8 Å². The van der Waals surface area contributed by atoms with E-state index in [1.807, 2.05) is 24.3 Å². The molecule has 3 aromatic rings. The van der Waals surface area contributed by atoms with Crippen molar-refractivity contribution in [2.75, 3.05) is 12.4 Å². The molecule has 0 saturated carbocycles. The first kappa shape index (κ1) is 18.9. The van der Waals surface area contributed by atoms with Gasteiger partial charge in [0.25, 0.3) is 11.5 Å². The van der Waals surface area contributed by atoms with Gasteiger partial charge in [0.2, 0.25) is 0 Å². The molecule has 2 aromatic carbocycles. The molecule has 0 aliphatic heterocycles. The number of rotatable bonds is 5. The van der Waals surface area contributed by atoms with Crippen molar-refractivity contribution in [1.29, 1.82) is 0 Å². The van der Waals surface area contributed by atoms with Crippen molar-refractivity contribution in [1.82, 2.24) is 9.97 Å². The normalized spacial score (nSPS) is 10.5. The number of amides is 1. The molecular formula is C19H15Cl2N3O3. The van der Waals surface area contributed by atoms with Crippen molar-refractivity contribution in [3.05, 3.63) is 86.0 Å². The number of carbonyl (C=O) groups excluding carboxylic acids is 1. The van der Waals surface area contributed by atoms with Gasteiger partial charge in [0.05, 0.1) is 17.8 Å². The topological polar surface area (TPSA) is 84.1 Å². The second kappa shape index (κ2) is 8.24. The van der Waals surface area contributed by atoms with Crippen LogP contribution in [0.3, 0.4) is 0 Å². The van der Waals surface area contributed by atoms with Crippen molar-refractivity contribution in [3.8, 4) is 5.75 Å². The van der Waals surface area contributed by atoms with Gasteiger partial charge in [-0.1, -0.05) is 35.3 Å². The highest BCUT2D eigenvalue weighted by Gasteiger charge is 2.13. The Bertz CT molecular complexity index is 1030. The predicted molar refractivity (Wildman–Crippen MR) is 105 cm³/mol. The lowest BCUT2D eigenvalue weighted by Gasteiger charge is -2.08. The lowest BCUT2D eigenvalue weighted by atomic mass is 10.1. The summed E-state index contributed by atoms with van der Waals surface area (Å²) in [6, 6.07) is 13.2. The molecule has 1 amide bonds. The van der Waals surface area contributed by atoms with E-state index in [1.165, 1.54) is 6.07 Å². The average molecular weight is 404 g/mol. The number of H-pyrrole nitrogens is 1. The van der Waals surface area contributed by atoms with Crippen molar-refractivity contribution in [2.24, 2.45) is 0 Å². The summed E-state index contributed by atoms with van der Waals surface area (Å²) in [5.41, 5.74) is 0.816. The van der Waals surface area contributed by atoms with Crippen LogP contribution in [0.5, 0.6) is 5.75 Å². The highest BCUT2D eigenvalue weighted by atomic mass is 35.5. The number of ether oxygens (including phenoxy) is 1. The summed E-state index contributed by atoms with van der Waals surface area (Å²) in [5.74, 6) is 0.544. The lowest BCUT2D eigenvalue weighted by Crippen LogP contribution is -2.20. The fourth-order valence-corrected chi connectivity index (χ4v) is 2.76. The van der Waals surface area contributed by atoms with E-state index < -0.39 is 11.5 Å². The van der Waals surface area contributed by atoms with Gasteiger partial charge in [-0.2, -0.15) is 0 Å². The maximum atomic E-state index is 12.5. The zero-order chi connectivity index (χ0) is 19.4. The van der Waals surface area contributed by atoms with Crippen molar-refractivity contribution in [2.45, 2.75) is 6.42 Å². The number of carbonyl (C=O) groups is 1. The zero-order valence-corrected chi connectivity index (χ0v) is 15.8. The van der Waals surface area contributed by atoms with Gasteiger partial charge in [-0.25, -0.2) is 4.98 Å². The Morgan fingerprint density at radius 2 is 1.89 bits per heavy atom. The van der Waals surface area contributed by atoms with Crippen LogP contribution in [0.4, 0.5) is 5.69 Å². The SMILES string of the molecule is COc1ccc(Cc2nc(C(=O)Nc3cc(Cl)ccc3Cl)cc(=O)[nH]2)cc1. The Kier molecular flexibility index (Phi) is 5.78. The molecule has 1 heterocycles. The van der Waals surface area contributed by atoms with Crippen molar-refractivity contribution in [3.63, 3.8) is 0 Å². The van der Waals surface area contributed by atoms with Crippen molar-refractivity contribution < 1.29 is 9.53 Å². The molecule has 0 fully saturated rings. The molecule has 0 aliphatic carbocycles. The van der Waals surface area contributed by atoms with Gasteiger partial charge >= 0.3 is 0 Å². The Morgan fingerprint density at radius 1 is 1.15 bits per heavy atom. The molecule has 0 aliphatic rings. The largest absolute Gasteiger partial charge is 0.497 e. The second-order valence-electron chi connectivity index (χ2n) is 5.68. The minimum Gasteiger partial charge on any atom is -0.497 e. The molecule has 0 bridgehead atoms. The fraction of sp³-hybridized carbons (Fsp3) is 0.105. The number of halogens is 2. The van der Waals surface area contributed by atoms with Crippen LogP contribution in [-0.4, -0.2) is 23.0 Å². The minimum atomic E-state index is -0.554. The van der Waals surface area contributed by atoms with Crippen LogP contribution in [0.25, 0.3) is 0 Å². The molecule has 2 N–H and O–H groups in total. The van der Waals surface area contributed by atoms with E-state index in [2.05, 4.69) is 15.3 Å². The molecule has 0 radical (unpaired) electrons. The standard InChI is InChI=1S/C19H15Cl2N3O3/c1-27-13-5-2-11(3-6-13)8-17-22-16(10-18(25)24-17)19(26)23-15-9-12(20)4-7-14(15)21/h2-7,9-10H,8H2,1H3,(H,23,26)(H,22,24,25). The molecule has 27 heavy (non-hydrogen) atoms. The van der Waals surface area contributed by atoms with E-state index in [-0.39, 0.29) is 5.69 Å². The quantitative estimate of drug-likeness (QED) is 0.675. The summed E-state index contributed by atoms with van der Waals surface area (Å²) < 4.78 is 5.12. The number of hydrogen-bond acceptors (Lipinski definition) is 4. The number of methoxy groups -OCH3 is 1. The number of hydrogen-bond donors (Lipinski definition) is 2. The van der Waals surface area contributed by atoms with Crippen LogP contribution < -0.4 is 15.6 Å². The van der Waals surface area contributed by atoms with E-state index in [1.54, 1.807) is 19.2 Å². The number of aromatic nitrogens is 2. The maximum absolute atomic E-state index is 12.5. The molecule has 0 unspecified atom stereocenters. The van der Waals surface area contributed by atoms with E-state index in [0.29, 0.717) is 28.0 Å². The minimum absolute atomic E-state index is 0.0155. The molecule has 0 spiro atoms. The molecule has 3 rings (SSSR count). The number of benzene rings is 2. The number of anilines is 1. The summed E-state index contributed by atoms with van der Waals surface area (Å²) in [7, 11) is 1.59. The third kappa shape index (κ3) is 4.87. The summed E-state index contributed by atoms with van der Waals surface area (Å²) in [6.45, 7) is 0. The summed E-state index contributed by atoms with van der Waals surface area (Å²) >= 11 is 12.0. The monoisotopic (exact) mass is 403 g/mol. The highest BCUT2D eigenvalue weighted by Crippen LogP contribution is 2.25. The van der Waals surface area contributed by atoms with Gasteiger partial charge in [-0.3, -0.25) is 9.59 Å². The van der Waals surface area contributed by atoms with Crippen LogP contribution in [0, 0.1) is 0 Å². The van der Waals surface area contributed by atoms with Crippen LogP contribution in [0.15, 0.2) is 53.3 Å². The van der Waals surface area contributed by atoms with Gasteiger partial charge in [-0.05, 0) is 35.9 Å². The van der Waals surface area contributed by atoms with Gasteiger partial charge in [-0.15, -0.1) is 0 Å². The molecule has 0 saturated heterocycles. The van der Waals surface area contributed by atoms with Gasteiger partial charge in [0.1, 0.15) is 17.3 Å². The summed E-state index contributed by atoms with van der Waals surface area (Å²) in [6.07, 6.45) is 0.359. The third-order valence-electron chi connectivity index (χ3n) is 3.73. The zero-order valence-electron chi connectivity index (χ0n) is 14.3. The Hall–Kier alpha value is -2.83. The molecule has 138 valence electrons. The van der Waals surface area contributed by atoms with Gasteiger partial charge in [0, 0.05) is 17.5 Å². The number of nitrogens with one attached hydrogen (secondary N) is 2. The van der Waals surface area contributed by atoms with E-state index in [0.717, 1.165) is 17.4 Å². The Morgan fingerprint density at radius 3 is 2.59 bits per heavy atom. The molecule has 6 nitrogen and oxygen atoms in total. The Balaban J connectivity index is 1.82. The van der Waals surface area contributed by atoms with Crippen LogP contribution >= 0.6 is 23.2 Å². The third-order valence-corrected chi connectivity index (χ3v) is 4.30. The molecule has 1 aromatic heterocycles. The van der Waals surface area contributed by atoms with E-state index >= 15 is 0 Å². The van der Waals surface area contributed by atoms with Crippen LogP contribution in [-0.2, 0) is 6.42 Å².